The van der Waals surface area contributed by atoms with Crippen molar-refractivity contribution in [1.29, 1.82) is 0 Å². The summed E-state index contributed by atoms with van der Waals surface area (Å²) in [5, 5.41) is 13.8. The normalized spacial score (nSPS) is 14.9. The highest BCUT2D eigenvalue weighted by atomic mass is 31.2. The Balaban J connectivity index is 4.50. The second kappa shape index (κ2) is 40.4. The summed E-state index contributed by atoms with van der Waals surface area (Å²) in [7, 11) is 1.22. The van der Waals surface area contributed by atoms with Crippen LogP contribution in [0, 0.1) is 0 Å². The second-order valence-electron chi connectivity index (χ2n) is 16.7. The number of aliphatic hydroxyl groups is 1. The molecule has 0 aliphatic heterocycles. The molecule has 58 heavy (non-hydrogen) atoms. The van der Waals surface area contributed by atoms with E-state index < -0.39 is 26.6 Å². The molecule has 0 saturated heterocycles. The average Bonchev–Trinajstić information content (AvgIpc) is 3.17. The lowest BCUT2D eigenvalue weighted by molar-refractivity contribution is -0.870. The quantitative estimate of drug-likeness (QED) is 0.0275. The summed E-state index contributed by atoms with van der Waals surface area (Å²) in [5.74, 6) is -0.225. The monoisotopic (exact) mass is 833 g/mol. The van der Waals surface area contributed by atoms with Crippen LogP contribution in [0.25, 0.3) is 0 Å². The van der Waals surface area contributed by atoms with E-state index in [-0.39, 0.29) is 12.5 Å². The topological polar surface area (TPSA) is 108 Å². The van der Waals surface area contributed by atoms with Crippen molar-refractivity contribution < 1.29 is 32.9 Å². The van der Waals surface area contributed by atoms with Crippen LogP contribution in [-0.4, -0.2) is 68.5 Å². The fourth-order valence-electron chi connectivity index (χ4n) is 6.20. The van der Waals surface area contributed by atoms with Crippen molar-refractivity contribution in [1.82, 2.24) is 5.32 Å². The van der Waals surface area contributed by atoms with E-state index in [0.717, 1.165) is 77.0 Å². The lowest BCUT2D eigenvalue weighted by Crippen LogP contribution is -2.45. The molecule has 0 radical (unpaired) electrons. The molecular formula is C49H89N2O6P. The number of phosphoric acid groups is 1. The lowest BCUT2D eigenvalue weighted by atomic mass is 10.1. The van der Waals surface area contributed by atoms with Crippen LogP contribution in [0.5, 0.6) is 0 Å². The number of nitrogens with zero attached hydrogens (tertiary/aromatic N) is 1. The molecular weight excluding hydrogens is 744 g/mol. The number of rotatable bonds is 41. The number of carbonyl (C=O) groups is 1. The molecule has 0 rings (SSSR count). The van der Waals surface area contributed by atoms with Gasteiger partial charge in [0, 0.05) is 6.42 Å². The number of allylic oxidation sites excluding steroid dienone is 11. The van der Waals surface area contributed by atoms with E-state index >= 15 is 0 Å². The van der Waals surface area contributed by atoms with Gasteiger partial charge in [0.1, 0.15) is 13.2 Å². The molecule has 3 unspecified atom stereocenters. The highest BCUT2D eigenvalue weighted by molar-refractivity contribution is 7.45. The maximum atomic E-state index is 12.9. The standard InChI is InChI=1S/C49H89N2O6P/c1-6-8-10-12-14-16-18-20-22-24-25-27-28-30-32-34-36-38-40-42-48(52)47(46-57-58(54,55)56-45-44-51(3,4)5)50-49(53)43-41-39-37-35-33-31-29-26-23-21-19-17-15-13-11-9-7-2/h9,11,15,17,21,23,25,27,32,34,40,42,47-48,52H,6-8,10,12-14,16,18-20,22,24,26,28-31,33,35-39,41,43-46H2,1-5H3,(H-,50,53,54,55)/b11-9-,17-15-,23-21-,27-25+,34-32+,42-40+. The number of unbranched alkanes of at least 4 members (excludes halogenated alkanes) is 18. The first-order valence-electron chi connectivity index (χ1n) is 23.3. The SMILES string of the molecule is CC/C=C\C/C=C\C/C=C\CCCCCCCCCC(=O)NC(COP(=O)([O-])OCC[N+](C)(C)C)C(O)/C=C/CC/C=C/CC/C=C/CCCCCCCCCCC. The molecule has 0 saturated carbocycles. The zero-order chi connectivity index (χ0) is 42.8. The maximum absolute atomic E-state index is 12.9. The first kappa shape index (κ1) is 55.9. The van der Waals surface area contributed by atoms with Crippen LogP contribution < -0.4 is 10.2 Å². The van der Waals surface area contributed by atoms with Gasteiger partial charge in [-0.25, -0.2) is 0 Å². The second-order valence-corrected chi connectivity index (χ2v) is 18.1. The minimum atomic E-state index is -4.61. The third-order valence-corrected chi connectivity index (χ3v) is 10.8. The van der Waals surface area contributed by atoms with Crippen molar-refractivity contribution in [3.8, 4) is 0 Å². The Hall–Kier alpha value is -2.06. The molecule has 1 amide bonds. The van der Waals surface area contributed by atoms with Crippen molar-refractivity contribution in [3.63, 3.8) is 0 Å². The molecule has 0 aliphatic rings. The summed E-state index contributed by atoms with van der Waals surface area (Å²) in [4.78, 5) is 25.3. The number of nitrogens with one attached hydrogen (secondary N) is 1. The Bertz CT molecular complexity index is 1170. The van der Waals surface area contributed by atoms with Crippen LogP contribution in [0.3, 0.4) is 0 Å². The summed E-state index contributed by atoms with van der Waals surface area (Å²) in [5.41, 5.74) is 0. The van der Waals surface area contributed by atoms with E-state index in [1.54, 1.807) is 6.08 Å². The van der Waals surface area contributed by atoms with Crippen LogP contribution in [0.2, 0.25) is 0 Å². The van der Waals surface area contributed by atoms with E-state index in [4.69, 9.17) is 9.05 Å². The van der Waals surface area contributed by atoms with Crippen LogP contribution in [0.15, 0.2) is 72.9 Å². The molecule has 2 N–H and O–H groups in total. The molecule has 3 atom stereocenters. The first-order chi connectivity index (χ1) is 28.0. The zero-order valence-corrected chi connectivity index (χ0v) is 38.9. The van der Waals surface area contributed by atoms with Gasteiger partial charge in [0.25, 0.3) is 7.82 Å². The van der Waals surface area contributed by atoms with Crippen molar-refractivity contribution >= 4 is 13.7 Å². The van der Waals surface area contributed by atoms with E-state index in [2.05, 4.69) is 79.9 Å². The number of amides is 1. The Morgan fingerprint density at radius 2 is 1.07 bits per heavy atom. The largest absolute Gasteiger partial charge is 0.756 e. The van der Waals surface area contributed by atoms with Gasteiger partial charge in [-0.05, 0) is 77.0 Å². The predicted molar refractivity (Wildman–Crippen MR) is 247 cm³/mol. The molecule has 0 aromatic heterocycles. The van der Waals surface area contributed by atoms with Crippen molar-refractivity contribution in [3.05, 3.63) is 72.9 Å². The van der Waals surface area contributed by atoms with E-state index in [0.29, 0.717) is 17.4 Å². The van der Waals surface area contributed by atoms with Gasteiger partial charge in [-0.1, -0.05) is 170 Å². The fraction of sp³-hybridized carbons (Fsp3) is 0.735. The number of carbonyl (C=O) groups excluding carboxylic acids is 1. The molecule has 0 aromatic carbocycles. The van der Waals surface area contributed by atoms with Gasteiger partial charge in [-0.3, -0.25) is 9.36 Å². The smallest absolute Gasteiger partial charge is 0.268 e. The Morgan fingerprint density at radius 1 is 0.621 bits per heavy atom. The zero-order valence-electron chi connectivity index (χ0n) is 38.0. The number of phosphoric ester groups is 1. The Kier molecular flexibility index (Phi) is 38.9. The van der Waals surface area contributed by atoms with Crippen LogP contribution in [0.1, 0.15) is 181 Å². The molecule has 0 fully saturated rings. The van der Waals surface area contributed by atoms with Crippen molar-refractivity contribution in [2.45, 2.75) is 193 Å². The van der Waals surface area contributed by atoms with Gasteiger partial charge in [0.15, 0.2) is 0 Å². The van der Waals surface area contributed by atoms with Crippen LogP contribution >= 0.6 is 7.82 Å². The predicted octanol–water partition coefficient (Wildman–Crippen LogP) is 12.6. The number of hydrogen-bond donors (Lipinski definition) is 2. The Morgan fingerprint density at radius 3 is 1.60 bits per heavy atom. The summed E-state index contributed by atoms with van der Waals surface area (Å²) in [6.45, 7) is 4.48. The highest BCUT2D eigenvalue weighted by Crippen LogP contribution is 2.38. The fourth-order valence-corrected chi connectivity index (χ4v) is 6.92. The molecule has 9 heteroatoms. The molecule has 336 valence electrons. The number of quaternary nitrogens is 1. The summed E-state index contributed by atoms with van der Waals surface area (Å²) >= 11 is 0. The van der Waals surface area contributed by atoms with E-state index in [9.17, 15) is 19.4 Å². The van der Waals surface area contributed by atoms with Gasteiger partial charge in [0.2, 0.25) is 5.91 Å². The molecule has 0 aliphatic carbocycles. The van der Waals surface area contributed by atoms with Gasteiger partial charge < -0.3 is 28.8 Å². The average molecular weight is 833 g/mol. The van der Waals surface area contributed by atoms with Crippen molar-refractivity contribution in [2.75, 3.05) is 40.9 Å². The number of hydrogen-bond acceptors (Lipinski definition) is 6. The molecule has 0 spiro atoms. The van der Waals surface area contributed by atoms with E-state index in [1.165, 1.54) is 83.5 Å². The molecule has 0 bridgehead atoms. The first-order valence-corrected chi connectivity index (χ1v) is 24.8. The molecule has 0 aromatic rings. The van der Waals surface area contributed by atoms with Gasteiger partial charge in [-0.2, -0.15) is 0 Å². The summed E-state index contributed by atoms with van der Waals surface area (Å²) in [6, 6.07) is -0.918. The maximum Gasteiger partial charge on any atom is 0.268 e. The van der Waals surface area contributed by atoms with Gasteiger partial charge >= 0.3 is 0 Å². The minimum absolute atomic E-state index is 0.0145. The van der Waals surface area contributed by atoms with Crippen LogP contribution in [-0.2, 0) is 18.4 Å². The lowest BCUT2D eigenvalue weighted by Gasteiger charge is -2.29. The van der Waals surface area contributed by atoms with Crippen molar-refractivity contribution in [2.24, 2.45) is 0 Å². The van der Waals surface area contributed by atoms with Crippen LogP contribution in [0.4, 0.5) is 0 Å². The van der Waals surface area contributed by atoms with E-state index in [1.807, 2.05) is 27.2 Å². The van der Waals surface area contributed by atoms with Gasteiger partial charge in [-0.15, -0.1) is 0 Å². The molecule has 8 nitrogen and oxygen atoms in total. The number of likely N-dealkylation sites (N-methyl/N-ethyl adjacent to an activating group) is 1. The Labute approximate surface area is 357 Å². The van der Waals surface area contributed by atoms with Gasteiger partial charge in [0.05, 0.1) is 39.9 Å². The highest BCUT2D eigenvalue weighted by Gasteiger charge is 2.23. The summed E-state index contributed by atoms with van der Waals surface area (Å²) in [6.07, 6.45) is 53.8. The third-order valence-electron chi connectivity index (χ3n) is 9.88. The summed E-state index contributed by atoms with van der Waals surface area (Å²) < 4.78 is 23.2. The minimum Gasteiger partial charge on any atom is -0.756 e. The third kappa shape index (κ3) is 42.1. The number of aliphatic hydroxyl groups excluding tert-OH is 1. The molecule has 0 heterocycles.